The van der Waals surface area contributed by atoms with E-state index in [1.54, 1.807) is 7.11 Å². The van der Waals surface area contributed by atoms with Crippen LogP contribution in [0.15, 0.2) is 24.3 Å². The second kappa shape index (κ2) is 10.8. The Bertz CT molecular complexity index is 580. The minimum absolute atomic E-state index is 0.00819. The fraction of sp³-hybridized carbons (Fsp3) is 0.619. The number of carbonyl (C=O) groups is 2. The van der Waals surface area contributed by atoms with Gasteiger partial charge in [-0.05, 0) is 38.2 Å². The number of hydrogen-bond acceptors (Lipinski definition) is 3. The van der Waals surface area contributed by atoms with Gasteiger partial charge in [0.2, 0.25) is 11.8 Å². The maximum absolute atomic E-state index is 12.4. The number of carbonyl (C=O) groups excluding carboxylic acids is 2. The van der Waals surface area contributed by atoms with Crippen molar-refractivity contribution in [1.29, 1.82) is 0 Å². The highest BCUT2D eigenvalue weighted by atomic mass is 16.5. The van der Waals surface area contributed by atoms with E-state index >= 15 is 0 Å². The third-order valence-corrected chi connectivity index (χ3v) is 5.19. The summed E-state index contributed by atoms with van der Waals surface area (Å²) in [6.07, 6.45) is 6.52. The number of benzene rings is 1. The number of amides is 2. The molecule has 0 atom stereocenters. The number of nitrogens with one attached hydrogen (secondary N) is 2. The first-order valence-electron chi connectivity index (χ1n) is 9.83. The van der Waals surface area contributed by atoms with Crippen LogP contribution in [-0.4, -0.2) is 25.5 Å². The third-order valence-electron chi connectivity index (χ3n) is 5.19. The SMILES string of the molecule is CCCCCNC(=O)C1CCC(C(=O)NCc2ccccc2OC)CC1. The van der Waals surface area contributed by atoms with E-state index in [9.17, 15) is 9.59 Å². The molecule has 0 aliphatic heterocycles. The van der Waals surface area contributed by atoms with E-state index in [1.165, 1.54) is 0 Å². The molecule has 1 aromatic carbocycles. The van der Waals surface area contributed by atoms with Crippen molar-refractivity contribution in [2.24, 2.45) is 11.8 Å². The number of hydrogen-bond donors (Lipinski definition) is 2. The lowest BCUT2D eigenvalue weighted by molar-refractivity contribution is -0.130. The summed E-state index contributed by atoms with van der Waals surface area (Å²) in [6, 6.07) is 7.71. The molecule has 0 aromatic heterocycles. The van der Waals surface area contributed by atoms with Gasteiger partial charge < -0.3 is 15.4 Å². The van der Waals surface area contributed by atoms with E-state index in [0.717, 1.165) is 62.8 Å². The van der Waals surface area contributed by atoms with Crippen molar-refractivity contribution in [2.45, 2.75) is 58.4 Å². The van der Waals surface area contributed by atoms with Crippen LogP contribution in [0, 0.1) is 11.8 Å². The maximum atomic E-state index is 12.4. The molecule has 1 saturated carbocycles. The van der Waals surface area contributed by atoms with Crippen molar-refractivity contribution >= 4 is 11.8 Å². The Labute approximate surface area is 156 Å². The van der Waals surface area contributed by atoms with Crippen LogP contribution in [0.5, 0.6) is 5.75 Å². The van der Waals surface area contributed by atoms with Crippen molar-refractivity contribution in [3.05, 3.63) is 29.8 Å². The molecule has 1 aromatic rings. The van der Waals surface area contributed by atoms with Crippen molar-refractivity contribution < 1.29 is 14.3 Å². The summed E-state index contributed by atoms with van der Waals surface area (Å²) in [4.78, 5) is 24.6. The lowest BCUT2D eigenvalue weighted by Crippen LogP contribution is -2.37. The molecule has 1 fully saturated rings. The zero-order valence-corrected chi connectivity index (χ0v) is 16.1. The summed E-state index contributed by atoms with van der Waals surface area (Å²) in [6.45, 7) is 3.40. The Balaban J connectivity index is 1.71. The quantitative estimate of drug-likeness (QED) is 0.663. The summed E-state index contributed by atoms with van der Waals surface area (Å²) in [7, 11) is 1.63. The second-order valence-electron chi connectivity index (χ2n) is 7.08. The van der Waals surface area contributed by atoms with Gasteiger partial charge in [-0.15, -0.1) is 0 Å². The predicted molar refractivity (Wildman–Crippen MR) is 103 cm³/mol. The minimum atomic E-state index is 0.00819. The van der Waals surface area contributed by atoms with Crippen LogP contribution in [0.2, 0.25) is 0 Å². The molecule has 0 spiro atoms. The Morgan fingerprint density at radius 2 is 1.62 bits per heavy atom. The van der Waals surface area contributed by atoms with Crippen LogP contribution in [0.1, 0.15) is 57.4 Å². The van der Waals surface area contributed by atoms with Gasteiger partial charge in [0.25, 0.3) is 0 Å². The van der Waals surface area contributed by atoms with Gasteiger partial charge in [-0.3, -0.25) is 9.59 Å². The van der Waals surface area contributed by atoms with Crippen molar-refractivity contribution in [3.63, 3.8) is 0 Å². The lowest BCUT2D eigenvalue weighted by Gasteiger charge is -2.27. The first kappa shape index (κ1) is 20.3. The molecule has 1 aliphatic rings. The highest BCUT2D eigenvalue weighted by molar-refractivity contribution is 5.81. The molecule has 5 heteroatoms. The average molecular weight is 360 g/mol. The smallest absolute Gasteiger partial charge is 0.223 e. The van der Waals surface area contributed by atoms with Gasteiger partial charge in [0, 0.05) is 30.5 Å². The molecule has 2 amide bonds. The van der Waals surface area contributed by atoms with E-state index < -0.39 is 0 Å². The van der Waals surface area contributed by atoms with Gasteiger partial charge in [0.05, 0.1) is 7.11 Å². The van der Waals surface area contributed by atoms with Crippen LogP contribution in [0.25, 0.3) is 0 Å². The van der Waals surface area contributed by atoms with Crippen molar-refractivity contribution in [3.8, 4) is 5.75 Å². The molecule has 0 radical (unpaired) electrons. The molecular weight excluding hydrogens is 328 g/mol. The summed E-state index contributed by atoms with van der Waals surface area (Å²) >= 11 is 0. The van der Waals surface area contributed by atoms with E-state index in [0.29, 0.717) is 6.54 Å². The van der Waals surface area contributed by atoms with Gasteiger partial charge >= 0.3 is 0 Å². The molecule has 0 unspecified atom stereocenters. The van der Waals surface area contributed by atoms with Crippen LogP contribution in [0.4, 0.5) is 0 Å². The molecule has 0 bridgehead atoms. The first-order chi connectivity index (χ1) is 12.7. The Kier molecular flexibility index (Phi) is 8.45. The van der Waals surface area contributed by atoms with Gasteiger partial charge in [-0.25, -0.2) is 0 Å². The van der Waals surface area contributed by atoms with E-state index in [2.05, 4.69) is 17.6 Å². The van der Waals surface area contributed by atoms with E-state index in [-0.39, 0.29) is 23.7 Å². The summed E-state index contributed by atoms with van der Waals surface area (Å²) in [5.41, 5.74) is 0.975. The number of para-hydroxylation sites is 1. The Hall–Kier alpha value is -2.04. The summed E-state index contributed by atoms with van der Waals surface area (Å²) in [5, 5.41) is 6.05. The zero-order chi connectivity index (χ0) is 18.8. The molecule has 0 saturated heterocycles. The largest absolute Gasteiger partial charge is 0.496 e. The standard InChI is InChI=1S/C21H32N2O3/c1-3-4-7-14-22-20(24)16-10-12-17(13-11-16)21(25)23-15-18-8-5-6-9-19(18)26-2/h5-6,8-9,16-17H,3-4,7,10-15H2,1-2H3,(H,22,24)(H,23,25). The Morgan fingerprint density at radius 1 is 1.00 bits per heavy atom. The summed E-state index contributed by atoms with van der Waals surface area (Å²) < 4.78 is 5.32. The Morgan fingerprint density at radius 3 is 2.23 bits per heavy atom. The molecule has 2 rings (SSSR count). The van der Waals surface area contributed by atoms with Crippen LogP contribution in [-0.2, 0) is 16.1 Å². The van der Waals surface area contributed by atoms with Gasteiger partial charge in [-0.1, -0.05) is 38.0 Å². The minimum Gasteiger partial charge on any atom is -0.496 e. The topological polar surface area (TPSA) is 67.4 Å². The lowest BCUT2D eigenvalue weighted by atomic mass is 9.81. The monoisotopic (exact) mass is 360 g/mol. The average Bonchev–Trinajstić information content (AvgIpc) is 2.69. The number of ether oxygens (including phenoxy) is 1. The van der Waals surface area contributed by atoms with E-state index in [1.807, 2.05) is 24.3 Å². The van der Waals surface area contributed by atoms with Gasteiger partial charge in [-0.2, -0.15) is 0 Å². The maximum Gasteiger partial charge on any atom is 0.223 e. The first-order valence-corrected chi connectivity index (χ1v) is 9.83. The molecule has 0 heterocycles. The molecule has 144 valence electrons. The van der Waals surface area contributed by atoms with Crippen LogP contribution < -0.4 is 15.4 Å². The normalized spacial score (nSPS) is 19.6. The number of rotatable bonds is 9. The molecule has 5 nitrogen and oxygen atoms in total. The predicted octanol–water partition coefficient (Wildman–Crippen LogP) is 3.42. The van der Waals surface area contributed by atoms with E-state index in [4.69, 9.17) is 4.74 Å². The number of unbranched alkanes of at least 4 members (excludes halogenated alkanes) is 2. The summed E-state index contributed by atoms with van der Waals surface area (Å²) in [5.74, 6) is 1.10. The fourth-order valence-corrected chi connectivity index (χ4v) is 3.52. The van der Waals surface area contributed by atoms with Gasteiger partial charge in [0.1, 0.15) is 5.75 Å². The third kappa shape index (κ3) is 6.04. The van der Waals surface area contributed by atoms with Crippen molar-refractivity contribution in [2.75, 3.05) is 13.7 Å². The zero-order valence-electron chi connectivity index (χ0n) is 16.1. The highest BCUT2D eigenvalue weighted by Crippen LogP contribution is 2.29. The second-order valence-corrected chi connectivity index (χ2v) is 7.08. The number of methoxy groups -OCH3 is 1. The molecular formula is C21H32N2O3. The highest BCUT2D eigenvalue weighted by Gasteiger charge is 2.29. The molecule has 1 aliphatic carbocycles. The fourth-order valence-electron chi connectivity index (χ4n) is 3.52. The van der Waals surface area contributed by atoms with Crippen molar-refractivity contribution in [1.82, 2.24) is 10.6 Å². The van der Waals surface area contributed by atoms with Gasteiger partial charge in [0.15, 0.2) is 0 Å². The van der Waals surface area contributed by atoms with Crippen LogP contribution >= 0.6 is 0 Å². The van der Waals surface area contributed by atoms with Crippen LogP contribution in [0.3, 0.4) is 0 Å². The molecule has 2 N–H and O–H groups in total. The molecule has 26 heavy (non-hydrogen) atoms.